The second-order valence-corrected chi connectivity index (χ2v) is 4.57. The molecule has 0 bridgehead atoms. The summed E-state index contributed by atoms with van der Waals surface area (Å²) in [5.41, 5.74) is 0.519. The molecule has 6 nitrogen and oxygen atoms in total. The number of carbonyl (C=O) groups excluding carboxylic acids is 3. The summed E-state index contributed by atoms with van der Waals surface area (Å²) < 4.78 is 0. The lowest BCUT2D eigenvalue weighted by Crippen LogP contribution is -2.36. The molecule has 19 heavy (non-hydrogen) atoms. The summed E-state index contributed by atoms with van der Waals surface area (Å²) in [5, 5.41) is 3.49. The van der Waals surface area contributed by atoms with Crippen molar-refractivity contribution in [2.75, 3.05) is 6.54 Å². The summed E-state index contributed by atoms with van der Waals surface area (Å²) in [6.07, 6.45) is 2.08. The number of nitrogens with one attached hydrogen (secondary N) is 1. The molecule has 0 aromatic heterocycles. The van der Waals surface area contributed by atoms with Crippen LogP contribution in [0, 0.1) is 0 Å². The third kappa shape index (κ3) is 2.22. The maximum atomic E-state index is 11.9. The van der Waals surface area contributed by atoms with E-state index in [1.807, 2.05) is 0 Å². The van der Waals surface area contributed by atoms with Gasteiger partial charge in [-0.1, -0.05) is 17.2 Å². The summed E-state index contributed by atoms with van der Waals surface area (Å²) in [4.78, 5) is 40.2. The zero-order valence-electron chi connectivity index (χ0n) is 10.1. The number of benzene rings is 1. The van der Waals surface area contributed by atoms with E-state index in [0.29, 0.717) is 11.1 Å². The van der Waals surface area contributed by atoms with Crippen molar-refractivity contribution in [3.8, 4) is 0 Å². The van der Waals surface area contributed by atoms with Gasteiger partial charge in [-0.25, -0.2) is 4.79 Å². The minimum absolute atomic E-state index is 0.00191. The van der Waals surface area contributed by atoms with Crippen molar-refractivity contribution >= 4 is 17.8 Å². The van der Waals surface area contributed by atoms with E-state index in [-0.39, 0.29) is 17.7 Å². The Balaban J connectivity index is 1.67. The third-order valence-electron chi connectivity index (χ3n) is 3.06. The van der Waals surface area contributed by atoms with Gasteiger partial charge in [0.2, 0.25) is 0 Å². The van der Waals surface area contributed by atoms with Crippen LogP contribution in [0.3, 0.4) is 0 Å². The second kappa shape index (κ2) is 4.47. The summed E-state index contributed by atoms with van der Waals surface area (Å²) >= 11 is 0. The van der Waals surface area contributed by atoms with Crippen LogP contribution in [0.4, 0.5) is 0 Å². The number of amides is 2. The van der Waals surface area contributed by atoms with Crippen LogP contribution in [0.1, 0.15) is 33.6 Å². The van der Waals surface area contributed by atoms with E-state index in [4.69, 9.17) is 4.84 Å². The Kier molecular flexibility index (Phi) is 2.79. The van der Waals surface area contributed by atoms with Crippen LogP contribution >= 0.6 is 0 Å². The Morgan fingerprint density at radius 3 is 2.32 bits per heavy atom. The first-order valence-electron chi connectivity index (χ1n) is 6.09. The molecule has 98 valence electrons. The van der Waals surface area contributed by atoms with Crippen molar-refractivity contribution in [1.29, 1.82) is 0 Å². The predicted octanol–water partition coefficient (Wildman–Crippen LogP) is 0.493. The highest BCUT2D eigenvalue weighted by molar-refractivity contribution is 6.20. The summed E-state index contributed by atoms with van der Waals surface area (Å²) in [5.74, 6) is -1.83. The topological polar surface area (TPSA) is 75.7 Å². The molecule has 1 heterocycles. The van der Waals surface area contributed by atoms with Crippen molar-refractivity contribution in [1.82, 2.24) is 10.4 Å². The van der Waals surface area contributed by atoms with Gasteiger partial charge in [0.05, 0.1) is 17.7 Å². The number of hydrogen-bond acceptors (Lipinski definition) is 5. The van der Waals surface area contributed by atoms with Gasteiger partial charge >= 0.3 is 5.97 Å². The highest BCUT2D eigenvalue weighted by Crippen LogP contribution is 2.22. The first kappa shape index (κ1) is 11.9. The normalized spacial score (nSPS) is 17.6. The van der Waals surface area contributed by atoms with E-state index in [1.54, 1.807) is 12.1 Å². The molecule has 0 unspecified atom stereocenters. The van der Waals surface area contributed by atoms with Gasteiger partial charge in [-0.3, -0.25) is 9.59 Å². The second-order valence-electron chi connectivity index (χ2n) is 4.57. The molecule has 0 saturated heterocycles. The number of rotatable bonds is 4. The van der Waals surface area contributed by atoms with Gasteiger partial charge in [-0.15, -0.1) is 0 Å². The smallest absolute Gasteiger partial charge is 0.328 e. The molecular weight excluding hydrogens is 248 g/mol. The van der Waals surface area contributed by atoms with Crippen LogP contribution in [-0.2, 0) is 9.63 Å². The Morgan fingerprint density at radius 2 is 1.79 bits per heavy atom. The highest BCUT2D eigenvalue weighted by Gasteiger charge is 2.38. The number of hydrogen-bond donors (Lipinski definition) is 1. The Labute approximate surface area is 109 Å². The zero-order chi connectivity index (χ0) is 13.4. The molecule has 1 aromatic carbocycles. The van der Waals surface area contributed by atoms with Gasteiger partial charge in [0.25, 0.3) is 11.8 Å². The molecular formula is C13H12N2O4. The molecule has 2 amide bonds. The molecule has 1 saturated carbocycles. The fourth-order valence-electron chi connectivity index (χ4n) is 1.90. The molecule has 0 radical (unpaired) electrons. The Morgan fingerprint density at radius 1 is 1.21 bits per heavy atom. The van der Waals surface area contributed by atoms with Crippen LogP contribution in [-0.4, -0.2) is 35.4 Å². The number of carbonyl (C=O) groups is 3. The molecule has 1 aliphatic carbocycles. The highest BCUT2D eigenvalue weighted by atomic mass is 16.7. The van der Waals surface area contributed by atoms with Gasteiger partial charge in [0, 0.05) is 6.04 Å². The average molecular weight is 260 g/mol. The van der Waals surface area contributed by atoms with Crippen LogP contribution in [0.5, 0.6) is 0 Å². The van der Waals surface area contributed by atoms with Gasteiger partial charge < -0.3 is 10.2 Å². The van der Waals surface area contributed by atoms with Crippen molar-refractivity contribution in [3.05, 3.63) is 35.4 Å². The summed E-state index contributed by atoms with van der Waals surface area (Å²) in [7, 11) is 0. The van der Waals surface area contributed by atoms with Crippen molar-refractivity contribution in [3.63, 3.8) is 0 Å². The maximum absolute atomic E-state index is 11.9. The van der Waals surface area contributed by atoms with Crippen molar-refractivity contribution < 1.29 is 19.2 Å². The van der Waals surface area contributed by atoms with E-state index in [2.05, 4.69) is 5.32 Å². The van der Waals surface area contributed by atoms with Crippen molar-refractivity contribution in [2.24, 2.45) is 0 Å². The monoisotopic (exact) mass is 260 g/mol. The Bertz CT molecular complexity index is 531. The van der Waals surface area contributed by atoms with Gasteiger partial charge in [-0.05, 0) is 25.0 Å². The van der Waals surface area contributed by atoms with Crippen LogP contribution in [0.15, 0.2) is 24.3 Å². The lowest BCUT2D eigenvalue weighted by Gasteiger charge is -2.12. The predicted molar refractivity (Wildman–Crippen MR) is 64.1 cm³/mol. The molecule has 6 heteroatoms. The third-order valence-corrected chi connectivity index (χ3v) is 3.06. The lowest BCUT2D eigenvalue weighted by atomic mass is 10.1. The van der Waals surface area contributed by atoms with E-state index >= 15 is 0 Å². The SMILES string of the molecule is O=C(CNC1CC1)ON1C(=O)c2ccccc2C1=O. The molecule has 1 aliphatic heterocycles. The van der Waals surface area contributed by atoms with Crippen LogP contribution in [0.25, 0.3) is 0 Å². The molecule has 2 aliphatic rings. The standard InChI is InChI=1S/C13H12N2O4/c16-11(7-14-8-5-6-8)19-15-12(17)9-3-1-2-4-10(9)13(15)18/h1-4,8,14H,5-7H2. The van der Waals surface area contributed by atoms with Crippen LogP contribution < -0.4 is 5.32 Å². The molecule has 1 fully saturated rings. The van der Waals surface area contributed by atoms with Crippen LogP contribution in [0.2, 0.25) is 0 Å². The van der Waals surface area contributed by atoms with Gasteiger partial charge in [0.1, 0.15) is 0 Å². The summed E-state index contributed by atoms with van der Waals surface area (Å²) in [6, 6.07) is 6.74. The first-order chi connectivity index (χ1) is 9.16. The van der Waals surface area contributed by atoms with Gasteiger partial charge in [-0.2, -0.15) is 0 Å². The fourth-order valence-corrected chi connectivity index (χ4v) is 1.90. The number of hydroxylamine groups is 2. The number of imide groups is 1. The van der Waals surface area contributed by atoms with E-state index in [0.717, 1.165) is 12.8 Å². The number of fused-ring (bicyclic) bond motifs is 1. The lowest BCUT2D eigenvalue weighted by molar-refractivity contribution is -0.167. The molecule has 1 aromatic rings. The first-order valence-corrected chi connectivity index (χ1v) is 6.09. The van der Waals surface area contributed by atoms with E-state index in [9.17, 15) is 14.4 Å². The average Bonchev–Trinajstić information content (AvgIpc) is 3.22. The minimum atomic E-state index is -0.638. The Hall–Kier alpha value is -2.21. The van der Waals surface area contributed by atoms with Crippen molar-refractivity contribution in [2.45, 2.75) is 18.9 Å². The largest absolute Gasteiger partial charge is 0.346 e. The number of nitrogens with zero attached hydrogens (tertiary/aromatic N) is 1. The summed E-state index contributed by atoms with van der Waals surface area (Å²) in [6.45, 7) is -0.00191. The quantitative estimate of drug-likeness (QED) is 0.797. The fraction of sp³-hybridized carbons (Fsp3) is 0.308. The minimum Gasteiger partial charge on any atom is -0.328 e. The zero-order valence-corrected chi connectivity index (χ0v) is 10.1. The van der Waals surface area contributed by atoms with E-state index in [1.165, 1.54) is 12.1 Å². The maximum Gasteiger partial charge on any atom is 0.346 e. The molecule has 0 atom stereocenters. The molecule has 1 N–H and O–H groups in total. The molecule has 3 rings (SSSR count). The van der Waals surface area contributed by atoms with E-state index < -0.39 is 17.8 Å². The molecule has 0 spiro atoms. The van der Waals surface area contributed by atoms with Gasteiger partial charge in [0.15, 0.2) is 0 Å².